The number of nitrogens with zero attached hydrogens (tertiary/aromatic N) is 1. The third-order valence-electron chi connectivity index (χ3n) is 2.89. The van der Waals surface area contributed by atoms with E-state index in [1.165, 1.54) is 13.8 Å². The number of ether oxygens (including phenoxy) is 2. The number of methoxy groups -OCH3 is 1. The molecule has 0 atom stereocenters. The number of hydrogen-bond acceptors (Lipinski definition) is 4. The summed E-state index contributed by atoms with van der Waals surface area (Å²) in [5.74, 6) is 1.34. The number of rotatable bonds is 8. The Kier molecular flexibility index (Phi) is 7.08. The van der Waals surface area contributed by atoms with Crippen molar-refractivity contribution in [2.24, 2.45) is 0 Å². The van der Waals surface area contributed by atoms with Crippen molar-refractivity contribution in [1.29, 1.82) is 0 Å². The molecular weight excluding hydrogens is 272 g/mol. The smallest absolute Gasteiger partial charge is 0.219 e. The molecule has 0 aliphatic carbocycles. The summed E-state index contributed by atoms with van der Waals surface area (Å²) in [5.41, 5.74) is 0. The van der Waals surface area contributed by atoms with E-state index in [4.69, 9.17) is 9.47 Å². The second kappa shape index (κ2) is 8.84. The van der Waals surface area contributed by atoms with Gasteiger partial charge in [0.1, 0.15) is 18.1 Å². The Morgan fingerprint density at radius 2 is 1.71 bits per heavy atom. The number of carbonyl (C=O) groups is 2. The predicted molar refractivity (Wildman–Crippen MR) is 79.4 cm³/mol. The van der Waals surface area contributed by atoms with Crippen molar-refractivity contribution in [2.75, 3.05) is 33.4 Å². The molecule has 0 heterocycles. The fraction of sp³-hybridized carbons (Fsp3) is 0.467. The van der Waals surface area contributed by atoms with E-state index < -0.39 is 0 Å². The van der Waals surface area contributed by atoms with Gasteiger partial charge in [0, 0.05) is 26.9 Å². The summed E-state index contributed by atoms with van der Waals surface area (Å²) in [7, 11) is 1.61. The Labute approximate surface area is 125 Å². The molecule has 0 unspecified atom stereocenters. The first-order valence-corrected chi connectivity index (χ1v) is 6.79. The SMILES string of the molecule is COc1ccc(OCCN(CCNC(C)=O)C(C)=O)cc1. The maximum atomic E-state index is 11.5. The summed E-state index contributed by atoms with van der Waals surface area (Å²) < 4.78 is 10.6. The van der Waals surface area contributed by atoms with Gasteiger partial charge in [-0.3, -0.25) is 9.59 Å². The average Bonchev–Trinajstić information content (AvgIpc) is 2.45. The van der Waals surface area contributed by atoms with Gasteiger partial charge in [-0.05, 0) is 24.3 Å². The topological polar surface area (TPSA) is 67.9 Å². The lowest BCUT2D eigenvalue weighted by Gasteiger charge is -2.21. The summed E-state index contributed by atoms with van der Waals surface area (Å²) in [6.45, 7) is 4.73. The molecule has 1 aromatic rings. The molecule has 0 radical (unpaired) electrons. The molecule has 116 valence electrons. The molecule has 21 heavy (non-hydrogen) atoms. The van der Waals surface area contributed by atoms with Crippen LogP contribution in [0.15, 0.2) is 24.3 Å². The lowest BCUT2D eigenvalue weighted by atomic mass is 10.3. The van der Waals surface area contributed by atoms with Crippen molar-refractivity contribution in [3.05, 3.63) is 24.3 Å². The number of carbonyl (C=O) groups excluding carboxylic acids is 2. The van der Waals surface area contributed by atoms with Gasteiger partial charge < -0.3 is 19.7 Å². The molecule has 2 amide bonds. The molecule has 0 spiro atoms. The zero-order chi connectivity index (χ0) is 15.7. The van der Waals surface area contributed by atoms with E-state index in [0.29, 0.717) is 26.2 Å². The van der Waals surface area contributed by atoms with Gasteiger partial charge in [-0.25, -0.2) is 0 Å². The Hall–Kier alpha value is -2.24. The highest BCUT2D eigenvalue weighted by atomic mass is 16.5. The van der Waals surface area contributed by atoms with Crippen LogP contribution in [0.5, 0.6) is 11.5 Å². The normalized spacial score (nSPS) is 9.86. The van der Waals surface area contributed by atoms with Crippen LogP contribution in [0.25, 0.3) is 0 Å². The van der Waals surface area contributed by atoms with E-state index in [1.54, 1.807) is 12.0 Å². The fourth-order valence-electron chi connectivity index (χ4n) is 1.74. The van der Waals surface area contributed by atoms with Crippen molar-refractivity contribution < 1.29 is 19.1 Å². The van der Waals surface area contributed by atoms with E-state index in [0.717, 1.165) is 11.5 Å². The van der Waals surface area contributed by atoms with Gasteiger partial charge in [0.25, 0.3) is 0 Å². The van der Waals surface area contributed by atoms with Gasteiger partial charge >= 0.3 is 0 Å². The largest absolute Gasteiger partial charge is 0.497 e. The Bertz CT molecular complexity index is 459. The lowest BCUT2D eigenvalue weighted by molar-refractivity contribution is -0.129. The van der Waals surface area contributed by atoms with Gasteiger partial charge in [-0.2, -0.15) is 0 Å². The molecule has 0 saturated heterocycles. The summed E-state index contributed by atoms with van der Waals surface area (Å²) in [5, 5.41) is 2.66. The minimum atomic E-state index is -0.104. The summed E-state index contributed by atoms with van der Waals surface area (Å²) in [6, 6.07) is 7.26. The highest BCUT2D eigenvalue weighted by Gasteiger charge is 2.08. The molecule has 0 aromatic heterocycles. The van der Waals surface area contributed by atoms with Crippen LogP contribution in [0.2, 0.25) is 0 Å². The number of amides is 2. The van der Waals surface area contributed by atoms with Crippen LogP contribution in [0.1, 0.15) is 13.8 Å². The van der Waals surface area contributed by atoms with Crippen LogP contribution in [-0.2, 0) is 9.59 Å². The predicted octanol–water partition coefficient (Wildman–Crippen LogP) is 1.06. The van der Waals surface area contributed by atoms with Crippen molar-refractivity contribution >= 4 is 11.8 Å². The monoisotopic (exact) mass is 294 g/mol. The third-order valence-corrected chi connectivity index (χ3v) is 2.89. The summed E-state index contributed by atoms with van der Waals surface area (Å²) in [6.07, 6.45) is 0. The zero-order valence-electron chi connectivity index (χ0n) is 12.7. The van der Waals surface area contributed by atoms with Gasteiger partial charge in [-0.1, -0.05) is 0 Å². The molecule has 0 aliphatic rings. The van der Waals surface area contributed by atoms with Gasteiger partial charge in [-0.15, -0.1) is 0 Å². The second-order valence-corrected chi connectivity index (χ2v) is 4.51. The Morgan fingerprint density at radius 3 is 2.24 bits per heavy atom. The minimum Gasteiger partial charge on any atom is -0.497 e. The van der Waals surface area contributed by atoms with E-state index >= 15 is 0 Å². The molecule has 0 aliphatic heterocycles. The van der Waals surface area contributed by atoms with Crippen molar-refractivity contribution in [2.45, 2.75) is 13.8 Å². The zero-order valence-corrected chi connectivity index (χ0v) is 12.7. The van der Waals surface area contributed by atoms with Crippen molar-refractivity contribution in [3.8, 4) is 11.5 Å². The molecule has 6 nitrogen and oxygen atoms in total. The Morgan fingerprint density at radius 1 is 1.10 bits per heavy atom. The van der Waals surface area contributed by atoms with Crippen LogP contribution in [0.3, 0.4) is 0 Å². The van der Waals surface area contributed by atoms with E-state index in [9.17, 15) is 9.59 Å². The van der Waals surface area contributed by atoms with Crippen LogP contribution in [-0.4, -0.2) is 50.1 Å². The third kappa shape index (κ3) is 6.65. The molecule has 0 bridgehead atoms. The molecule has 1 rings (SSSR count). The number of benzene rings is 1. The molecule has 0 fully saturated rings. The van der Waals surface area contributed by atoms with Crippen LogP contribution < -0.4 is 14.8 Å². The van der Waals surface area contributed by atoms with Gasteiger partial charge in [0.15, 0.2) is 0 Å². The average molecular weight is 294 g/mol. The van der Waals surface area contributed by atoms with Gasteiger partial charge in [0.2, 0.25) is 11.8 Å². The first-order valence-electron chi connectivity index (χ1n) is 6.79. The molecular formula is C15H22N2O4. The molecule has 0 saturated carbocycles. The number of nitrogens with one attached hydrogen (secondary N) is 1. The van der Waals surface area contributed by atoms with Crippen LogP contribution in [0, 0.1) is 0 Å². The van der Waals surface area contributed by atoms with Crippen molar-refractivity contribution in [3.63, 3.8) is 0 Å². The quantitative estimate of drug-likeness (QED) is 0.778. The van der Waals surface area contributed by atoms with Crippen LogP contribution >= 0.6 is 0 Å². The maximum Gasteiger partial charge on any atom is 0.219 e. The summed E-state index contributed by atoms with van der Waals surface area (Å²) in [4.78, 5) is 23.9. The lowest BCUT2D eigenvalue weighted by Crippen LogP contribution is -2.39. The molecule has 1 aromatic carbocycles. The van der Waals surface area contributed by atoms with E-state index in [2.05, 4.69) is 5.32 Å². The highest BCUT2D eigenvalue weighted by Crippen LogP contribution is 2.16. The van der Waals surface area contributed by atoms with Gasteiger partial charge in [0.05, 0.1) is 13.7 Å². The van der Waals surface area contributed by atoms with Crippen molar-refractivity contribution in [1.82, 2.24) is 10.2 Å². The summed E-state index contributed by atoms with van der Waals surface area (Å²) >= 11 is 0. The fourth-order valence-corrected chi connectivity index (χ4v) is 1.74. The standard InChI is InChI=1S/C15H22N2O4/c1-12(18)16-8-9-17(13(2)19)10-11-21-15-6-4-14(20-3)5-7-15/h4-7H,8-11H2,1-3H3,(H,16,18). The highest BCUT2D eigenvalue weighted by molar-refractivity contribution is 5.74. The number of hydrogen-bond donors (Lipinski definition) is 1. The molecule has 6 heteroatoms. The second-order valence-electron chi connectivity index (χ2n) is 4.51. The van der Waals surface area contributed by atoms with E-state index in [1.807, 2.05) is 24.3 Å². The first-order chi connectivity index (χ1) is 10.0. The Balaban J connectivity index is 2.35. The minimum absolute atomic E-state index is 0.0429. The van der Waals surface area contributed by atoms with E-state index in [-0.39, 0.29) is 11.8 Å². The first kappa shape index (κ1) is 16.8. The van der Waals surface area contributed by atoms with Crippen LogP contribution in [0.4, 0.5) is 0 Å². The molecule has 1 N–H and O–H groups in total. The maximum absolute atomic E-state index is 11.5.